The predicted octanol–water partition coefficient (Wildman–Crippen LogP) is 6.63. The van der Waals surface area contributed by atoms with Crippen molar-refractivity contribution in [3.05, 3.63) is 119 Å². The molecule has 0 spiro atoms. The van der Waals surface area contributed by atoms with Crippen molar-refractivity contribution in [3.8, 4) is 17.2 Å². The van der Waals surface area contributed by atoms with Crippen molar-refractivity contribution in [3.63, 3.8) is 0 Å². The Morgan fingerprint density at radius 1 is 0.884 bits per heavy atom. The van der Waals surface area contributed by atoms with E-state index in [9.17, 15) is 9.59 Å². The molecular formula is C35H33N3O5. The maximum Gasteiger partial charge on any atom is 0.259 e. The minimum absolute atomic E-state index is 0.0105. The van der Waals surface area contributed by atoms with Gasteiger partial charge in [0.25, 0.3) is 5.91 Å². The zero-order chi connectivity index (χ0) is 30.1. The van der Waals surface area contributed by atoms with Gasteiger partial charge in [-0.1, -0.05) is 48.0 Å². The number of Topliss-reactive ketones (excluding diaryl/α,β-unsaturated/α-hetero) is 1. The maximum absolute atomic E-state index is 14.7. The van der Waals surface area contributed by atoms with Crippen molar-refractivity contribution in [1.29, 1.82) is 0 Å². The molecule has 2 aliphatic rings. The number of amides is 1. The van der Waals surface area contributed by atoms with Gasteiger partial charge in [-0.25, -0.2) is 0 Å². The number of aryl methyl sites for hydroxylation is 1. The molecule has 0 saturated heterocycles. The highest BCUT2D eigenvalue weighted by molar-refractivity contribution is 6.12. The predicted molar refractivity (Wildman–Crippen MR) is 165 cm³/mol. The Balaban J connectivity index is 1.55. The van der Waals surface area contributed by atoms with Gasteiger partial charge < -0.3 is 19.5 Å². The van der Waals surface area contributed by atoms with Gasteiger partial charge in [0.1, 0.15) is 0 Å². The molecule has 0 fully saturated rings. The summed E-state index contributed by atoms with van der Waals surface area (Å²) in [4.78, 5) is 35.0. The van der Waals surface area contributed by atoms with Crippen molar-refractivity contribution >= 4 is 23.1 Å². The average Bonchev–Trinajstić information content (AvgIpc) is 3.19. The summed E-state index contributed by atoms with van der Waals surface area (Å²) in [6.07, 6.45) is 4.37. The fourth-order valence-corrected chi connectivity index (χ4v) is 6.08. The highest BCUT2D eigenvalue weighted by Crippen LogP contribution is 2.48. The number of pyridine rings is 1. The molecule has 6 rings (SSSR count). The second kappa shape index (κ2) is 11.6. The van der Waals surface area contributed by atoms with Gasteiger partial charge in [-0.2, -0.15) is 0 Å². The van der Waals surface area contributed by atoms with Crippen LogP contribution in [0.15, 0.2) is 96.5 Å². The Bertz CT molecular complexity index is 1690. The van der Waals surface area contributed by atoms with Crippen LogP contribution in [0.5, 0.6) is 17.2 Å². The van der Waals surface area contributed by atoms with E-state index in [-0.39, 0.29) is 17.6 Å². The van der Waals surface area contributed by atoms with Crippen molar-refractivity contribution in [2.75, 3.05) is 31.5 Å². The number of fused-ring (bicyclic) bond motifs is 1. The molecule has 43 heavy (non-hydrogen) atoms. The third kappa shape index (κ3) is 5.09. The van der Waals surface area contributed by atoms with E-state index in [2.05, 4.69) is 41.5 Å². The van der Waals surface area contributed by atoms with E-state index < -0.39 is 6.04 Å². The zero-order valence-corrected chi connectivity index (χ0v) is 24.6. The van der Waals surface area contributed by atoms with Crippen LogP contribution in [0.1, 0.15) is 51.8 Å². The minimum Gasteiger partial charge on any atom is -0.493 e. The first-order valence-electron chi connectivity index (χ1n) is 14.2. The zero-order valence-electron chi connectivity index (χ0n) is 24.6. The molecule has 2 atom stereocenters. The largest absolute Gasteiger partial charge is 0.493 e. The molecule has 1 N–H and O–H groups in total. The number of methoxy groups -OCH3 is 3. The summed E-state index contributed by atoms with van der Waals surface area (Å²) in [5, 5.41) is 3.58. The van der Waals surface area contributed by atoms with Gasteiger partial charge in [-0.15, -0.1) is 0 Å². The first-order valence-corrected chi connectivity index (χ1v) is 14.2. The molecule has 4 aromatic rings. The summed E-state index contributed by atoms with van der Waals surface area (Å²) in [6.45, 7) is 2.05. The molecule has 8 heteroatoms. The van der Waals surface area contributed by atoms with Crippen LogP contribution >= 0.6 is 0 Å². The van der Waals surface area contributed by atoms with Gasteiger partial charge >= 0.3 is 0 Å². The third-order valence-electron chi connectivity index (χ3n) is 8.17. The van der Waals surface area contributed by atoms with Gasteiger partial charge in [-0.3, -0.25) is 19.5 Å². The number of nitrogens with zero attached hydrogens (tertiary/aromatic N) is 2. The van der Waals surface area contributed by atoms with E-state index in [0.717, 1.165) is 22.5 Å². The summed E-state index contributed by atoms with van der Waals surface area (Å²) in [6, 6.07) is 22.3. The second-order valence-corrected chi connectivity index (χ2v) is 10.8. The highest BCUT2D eigenvalue weighted by Gasteiger charge is 2.42. The summed E-state index contributed by atoms with van der Waals surface area (Å²) < 4.78 is 16.6. The number of anilines is 2. The molecule has 218 valence electrons. The first kappa shape index (κ1) is 28.0. The smallest absolute Gasteiger partial charge is 0.259 e. The number of ketones is 1. The molecule has 1 aromatic heterocycles. The number of ether oxygens (including phenoxy) is 3. The lowest BCUT2D eigenvalue weighted by Crippen LogP contribution is -2.38. The van der Waals surface area contributed by atoms with E-state index in [0.29, 0.717) is 46.9 Å². The lowest BCUT2D eigenvalue weighted by atomic mass is 9.78. The lowest BCUT2D eigenvalue weighted by molar-refractivity contribution is -0.116. The van der Waals surface area contributed by atoms with Crippen LogP contribution in [-0.4, -0.2) is 38.0 Å². The molecule has 0 radical (unpaired) electrons. The number of carbonyl (C=O) groups is 2. The maximum atomic E-state index is 14.7. The third-order valence-corrected chi connectivity index (χ3v) is 8.17. The summed E-state index contributed by atoms with van der Waals surface area (Å²) in [7, 11) is 4.54. The Morgan fingerprint density at radius 3 is 2.26 bits per heavy atom. The Morgan fingerprint density at radius 2 is 1.60 bits per heavy atom. The van der Waals surface area contributed by atoms with Crippen LogP contribution in [0.4, 0.5) is 11.4 Å². The first-order chi connectivity index (χ1) is 20.9. The topological polar surface area (TPSA) is 90.0 Å². The standard InChI is InChI=1S/C35H33N3O5/c1-21-11-13-22(14-12-21)24-16-27-32(29(39)17-24)33(23-8-7-15-36-20-23)38(28-10-6-5-9-26(28)37-27)35(40)25-18-30(41-2)34(43-4)31(19-25)42-3/h5-15,18-20,24,33,37H,16-17H2,1-4H3/t24-,33-/m0/s1. The number of allylic oxidation sites excluding steroid dienone is 1. The van der Waals surface area contributed by atoms with E-state index in [1.165, 1.54) is 26.9 Å². The second-order valence-electron chi connectivity index (χ2n) is 10.8. The van der Waals surface area contributed by atoms with Crippen LogP contribution in [0, 0.1) is 6.92 Å². The SMILES string of the molecule is COc1cc(C(=O)N2c3ccccc3NC3=C(C(=O)C[C@@H](c4ccc(C)cc4)C3)[C@@H]2c2cccnc2)cc(OC)c1OC. The monoisotopic (exact) mass is 575 g/mol. The van der Waals surface area contributed by atoms with Crippen LogP contribution in [-0.2, 0) is 4.79 Å². The van der Waals surface area contributed by atoms with Gasteiger partial charge in [0.05, 0.1) is 38.7 Å². The average molecular weight is 576 g/mol. The van der Waals surface area contributed by atoms with Gasteiger partial charge in [-0.05, 0) is 60.7 Å². The Hall–Kier alpha value is -5.11. The van der Waals surface area contributed by atoms with E-state index in [4.69, 9.17) is 14.2 Å². The quantitative estimate of drug-likeness (QED) is 0.276. The molecule has 0 bridgehead atoms. The number of benzene rings is 3. The number of nitrogens with one attached hydrogen (secondary N) is 1. The van der Waals surface area contributed by atoms with Crippen LogP contribution in [0.25, 0.3) is 0 Å². The fourth-order valence-electron chi connectivity index (χ4n) is 6.08. The van der Waals surface area contributed by atoms with E-state index >= 15 is 0 Å². The summed E-state index contributed by atoms with van der Waals surface area (Å²) >= 11 is 0. The Labute approximate surface area is 250 Å². The lowest BCUT2D eigenvalue weighted by Gasteiger charge is -2.35. The van der Waals surface area contributed by atoms with Crippen LogP contribution < -0.4 is 24.4 Å². The van der Waals surface area contributed by atoms with Gasteiger partial charge in [0.2, 0.25) is 5.75 Å². The summed E-state index contributed by atoms with van der Waals surface area (Å²) in [5.41, 5.74) is 6.10. The van der Waals surface area contributed by atoms with E-state index in [1.54, 1.807) is 29.4 Å². The van der Waals surface area contributed by atoms with Gasteiger partial charge in [0.15, 0.2) is 17.3 Å². The van der Waals surface area contributed by atoms with Crippen LogP contribution in [0.2, 0.25) is 0 Å². The van der Waals surface area contributed by atoms with Crippen molar-refractivity contribution in [2.45, 2.75) is 31.7 Å². The Kier molecular flexibility index (Phi) is 7.59. The number of para-hydroxylation sites is 2. The molecule has 1 aliphatic heterocycles. The number of hydrogen-bond donors (Lipinski definition) is 1. The van der Waals surface area contributed by atoms with E-state index in [1.807, 2.05) is 36.4 Å². The molecule has 8 nitrogen and oxygen atoms in total. The molecule has 0 saturated carbocycles. The molecule has 0 unspecified atom stereocenters. The van der Waals surface area contributed by atoms with Crippen molar-refractivity contribution in [1.82, 2.24) is 4.98 Å². The van der Waals surface area contributed by atoms with Gasteiger partial charge in [0, 0.05) is 35.6 Å². The molecule has 1 amide bonds. The number of carbonyl (C=O) groups excluding carboxylic acids is 2. The normalized spacial score (nSPS) is 17.8. The summed E-state index contributed by atoms with van der Waals surface area (Å²) in [5.74, 6) is 0.780. The molecule has 2 heterocycles. The number of rotatable bonds is 6. The van der Waals surface area contributed by atoms with Crippen molar-refractivity contribution < 1.29 is 23.8 Å². The number of aromatic nitrogens is 1. The van der Waals surface area contributed by atoms with Crippen LogP contribution in [0.3, 0.4) is 0 Å². The molecular weight excluding hydrogens is 542 g/mol. The fraction of sp³-hybridized carbons (Fsp3) is 0.229. The minimum atomic E-state index is -0.724. The molecule has 3 aromatic carbocycles. The van der Waals surface area contributed by atoms with Crippen molar-refractivity contribution in [2.24, 2.45) is 0 Å². The molecule has 1 aliphatic carbocycles. The highest BCUT2D eigenvalue weighted by atomic mass is 16.5. The number of hydrogen-bond acceptors (Lipinski definition) is 7.